The molecular formula is C22H32O. The minimum Gasteiger partial charge on any atom is -0.396 e. The average Bonchev–Trinajstić information content (AvgIpc) is 2.85. The molecule has 0 aliphatic heterocycles. The Morgan fingerprint density at radius 2 is 2.00 bits per heavy atom. The van der Waals surface area contributed by atoms with Crippen molar-refractivity contribution in [2.75, 3.05) is 6.61 Å². The third kappa shape index (κ3) is 2.15. The fourth-order valence-electron chi connectivity index (χ4n) is 6.82. The van der Waals surface area contributed by atoms with Gasteiger partial charge < -0.3 is 5.11 Å². The lowest BCUT2D eigenvalue weighted by Crippen LogP contribution is -2.48. The van der Waals surface area contributed by atoms with Crippen LogP contribution in [0.5, 0.6) is 0 Å². The van der Waals surface area contributed by atoms with E-state index in [1.807, 2.05) is 0 Å². The van der Waals surface area contributed by atoms with Crippen molar-refractivity contribution in [1.29, 1.82) is 0 Å². The van der Waals surface area contributed by atoms with Crippen molar-refractivity contribution in [3.63, 3.8) is 0 Å². The molecule has 4 aliphatic carbocycles. The fourth-order valence-corrected chi connectivity index (χ4v) is 6.82. The van der Waals surface area contributed by atoms with Gasteiger partial charge >= 0.3 is 0 Å². The fraction of sp³-hybridized carbons (Fsp3) is 0.727. The Bertz CT molecular complexity index is 571. The number of aliphatic hydroxyl groups is 1. The van der Waals surface area contributed by atoms with Crippen molar-refractivity contribution in [1.82, 2.24) is 0 Å². The first kappa shape index (κ1) is 15.7. The predicted molar refractivity (Wildman–Crippen MR) is 95.9 cm³/mol. The Labute approximate surface area is 141 Å². The van der Waals surface area contributed by atoms with Crippen LogP contribution in [0.4, 0.5) is 0 Å². The monoisotopic (exact) mass is 312 g/mol. The predicted octanol–water partition coefficient (Wildman–Crippen LogP) is 5.28. The van der Waals surface area contributed by atoms with Crippen molar-refractivity contribution in [3.8, 4) is 0 Å². The highest BCUT2D eigenvalue weighted by atomic mass is 16.3. The van der Waals surface area contributed by atoms with Crippen LogP contribution < -0.4 is 0 Å². The summed E-state index contributed by atoms with van der Waals surface area (Å²) in [5, 5.41) is 9.45. The van der Waals surface area contributed by atoms with Crippen molar-refractivity contribution >= 4 is 0 Å². The first-order valence-corrected chi connectivity index (χ1v) is 9.68. The van der Waals surface area contributed by atoms with E-state index < -0.39 is 0 Å². The maximum absolute atomic E-state index is 9.45. The van der Waals surface area contributed by atoms with Gasteiger partial charge in [-0.2, -0.15) is 0 Å². The average molecular weight is 312 g/mol. The highest BCUT2D eigenvalue weighted by molar-refractivity contribution is 5.41. The molecule has 0 aromatic rings. The third-order valence-corrected chi connectivity index (χ3v) is 8.31. The molecule has 1 heteroatoms. The molecular weight excluding hydrogens is 280 g/mol. The number of hydrogen-bond acceptors (Lipinski definition) is 1. The first-order valence-electron chi connectivity index (χ1n) is 9.68. The van der Waals surface area contributed by atoms with Gasteiger partial charge in [-0.15, -0.1) is 0 Å². The van der Waals surface area contributed by atoms with E-state index in [-0.39, 0.29) is 0 Å². The SMILES string of the molecule is C=C1C=C2C=CC3C(CCC4(C)C(CCO)CCC34)C2(C)CC1. The van der Waals surface area contributed by atoms with E-state index >= 15 is 0 Å². The molecule has 0 spiro atoms. The lowest BCUT2D eigenvalue weighted by molar-refractivity contribution is -0.0178. The van der Waals surface area contributed by atoms with Gasteiger partial charge in [-0.3, -0.25) is 0 Å². The van der Waals surface area contributed by atoms with E-state index in [0.29, 0.717) is 17.4 Å². The molecule has 4 rings (SSSR count). The third-order valence-electron chi connectivity index (χ3n) is 8.31. The van der Waals surface area contributed by atoms with Crippen LogP contribution in [0.3, 0.4) is 0 Å². The first-order chi connectivity index (χ1) is 11.0. The van der Waals surface area contributed by atoms with Gasteiger partial charge in [0, 0.05) is 6.61 Å². The Morgan fingerprint density at radius 3 is 2.78 bits per heavy atom. The summed E-state index contributed by atoms with van der Waals surface area (Å²) in [5.41, 5.74) is 3.69. The molecule has 0 saturated heterocycles. The molecule has 126 valence electrons. The van der Waals surface area contributed by atoms with Crippen molar-refractivity contribution in [3.05, 3.63) is 36.0 Å². The summed E-state index contributed by atoms with van der Waals surface area (Å²) in [7, 11) is 0. The van der Waals surface area contributed by atoms with Crippen LogP contribution in [0.25, 0.3) is 0 Å². The molecule has 6 atom stereocenters. The molecule has 1 nitrogen and oxygen atoms in total. The zero-order valence-electron chi connectivity index (χ0n) is 14.9. The largest absolute Gasteiger partial charge is 0.396 e. The van der Waals surface area contributed by atoms with Gasteiger partial charge in [0.1, 0.15) is 0 Å². The molecule has 0 amide bonds. The maximum Gasteiger partial charge on any atom is 0.0433 e. The van der Waals surface area contributed by atoms with Crippen molar-refractivity contribution in [2.24, 2.45) is 34.5 Å². The summed E-state index contributed by atoms with van der Waals surface area (Å²) in [5.74, 6) is 3.14. The summed E-state index contributed by atoms with van der Waals surface area (Å²) in [4.78, 5) is 0. The van der Waals surface area contributed by atoms with Crippen LogP contribution in [0.1, 0.15) is 58.8 Å². The highest BCUT2D eigenvalue weighted by Gasteiger charge is 2.57. The number of allylic oxidation sites excluding steroid dienone is 5. The number of hydrogen-bond donors (Lipinski definition) is 1. The minimum atomic E-state index is 0.365. The number of fused-ring (bicyclic) bond motifs is 5. The molecule has 2 fully saturated rings. The van der Waals surface area contributed by atoms with Crippen molar-refractivity contribution < 1.29 is 5.11 Å². The van der Waals surface area contributed by atoms with Crippen molar-refractivity contribution in [2.45, 2.75) is 58.8 Å². The van der Waals surface area contributed by atoms with Gasteiger partial charge in [-0.1, -0.05) is 44.2 Å². The summed E-state index contributed by atoms with van der Waals surface area (Å²) < 4.78 is 0. The summed E-state index contributed by atoms with van der Waals surface area (Å²) >= 11 is 0. The molecule has 0 heterocycles. The minimum absolute atomic E-state index is 0.365. The summed E-state index contributed by atoms with van der Waals surface area (Å²) in [6.45, 7) is 9.62. The van der Waals surface area contributed by atoms with Gasteiger partial charge in [-0.05, 0) is 85.0 Å². The van der Waals surface area contributed by atoms with Gasteiger partial charge in [0.05, 0.1) is 0 Å². The molecule has 6 unspecified atom stereocenters. The van der Waals surface area contributed by atoms with Gasteiger partial charge in [-0.25, -0.2) is 0 Å². The summed E-state index contributed by atoms with van der Waals surface area (Å²) in [6, 6.07) is 0. The molecule has 2 saturated carbocycles. The zero-order valence-corrected chi connectivity index (χ0v) is 14.9. The second kappa shape index (κ2) is 5.34. The molecule has 0 radical (unpaired) electrons. The Hall–Kier alpha value is -0.820. The van der Waals surface area contributed by atoms with E-state index in [2.05, 4.69) is 38.7 Å². The number of aliphatic hydroxyl groups excluding tert-OH is 1. The normalized spacial score (nSPS) is 48.5. The van der Waals surface area contributed by atoms with E-state index in [9.17, 15) is 5.11 Å². The molecule has 0 bridgehead atoms. The smallest absolute Gasteiger partial charge is 0.0433 e. The molecule has 0 aromatic heterocycles. The number of rotatable bonds is 2. The van der Waals surface area contributed by atoms with Crippen LogP contribution in [0.2, 0.25) is 0 Å². The second-order valence-electron chi connectivity index (χ2n) is 9.16. The topological polar surface area (TPSA) is 20.2 Å². The molecule has 0 aromatic carbocycles. The maximum atomic E-state index is 9.45. The van der Waals surface area contributed by atoms with Crippen LogP contribution in [-0.4, -0.2) is 11.7 Å². The Balaban J connectivity index is 1.68. The zero-order chi connectivity index (χ0) is 16.2. The molecule has 4 aliphatic rings. The quantitative estimate of drug-likeness (QED) is 0.735. The Kier molecular flexibility index (Phi) is 3.65. The van der Waals surface area contributed by atoms with E-state index in [1.54, 1.807) is 5.57 Å². The van der Waals surface area contributed by atoms with E-state index in [1.165, 1.54) is 44.1 Å². The van der Waals surface area contributed by atoms with E-state index in [0.717, 1.165) is 30.1 Å². The lowest BCUT2D eigenvalue weighted by Gasteiger charge is -2.56. The highest BCUT2D eigenvalue weighted by Crippen LogP contribution is 2.65. The van der Waals surface area contributed by atoms with E-state index in [4.69, 9.17) is 0 Å². The van der Waals surface area contributed by atoms with Gasteiger partial charge in [0.25, 0.3) is 0 Å². The van der Waals surface area contributed by atoms with Gasteiger partial charge in [0.2, 0.25) is 0 Å². The van der Waals surface area contributed by atoms with Crippen LogP contribution in [0, 0.1) is 34.5 Å². The van der Waals surface area contributed by atoms with Crippen LogP contribution >= 0.6 is 0 Å². The van der Waals surface area contributed by atoms with Crippen LogP contribution in [-0.2, 0) is 0 Å². The Morgan fingerprint density at radius 1 is 1.17 bits per heavy atom. The molecule has 1 N–H and O–H groups in total. The molecule has 23 heavy (non-hydrogen) atoms. The van der Waals surface area contributed by atoms with Gasteiger partial charge in [0.15, 0.2) is 0 Å². The van der Waals surface area contributed by atoms with Crippen LogP contribution in [0.15, 0.2) is 36.0 Å². The lowest BCUT2D eigenvalue weighted by atomic mass is 9.48. The summed E-state index contributed by atoms with van der Waals surface area (Å²) in [6.07, 6.45) is 16.3. The second-order valence-corrected chi connectivity index (χ2v) is 9.16. The standard InChI is InChI=1S/C22H32O/c1-15-8-11-22(3)17(14-15)4-6-18-19-7-5-16(10-13-23)21(19,2)12-9-20(18)22/h4,6,14,16,18-20,23H,1,5,7-13H2,2-3H3.